The lowest BCUT2D eigenvalue weighted by atomic mass is 10.2. The van der Waals surface area contributed by atoms with Crippen LogP contribution in [0.3, 0.4) is 0 Å². The van der Waals surface area contributed by atoms with Crippen LogP contribution in [0.4, 0.5) is 15.9 Å². The van der Waals surface area contributed by atoms with Crippen molar-refractivity contribution in [2.75, 3.05) is 23.8 Å². The lowest BCUT2D eigenvalue weighted by Gasteiger charge is -2.17. The van der Waals surface area contributed by atoms with Gasteiger partial charge in [0, 0.05) is 31.7 Å². The molecule has 0 radical (unpaired) electrons. The van der Waals surface area contributed by atoms with E-state index in [-0.39, 0.29) is 5.69 Å². The van der Waals surface area contributed by atoms with Crippen LogP contribution in [0.1, 0.15) is 16.1 Å². The van der Waals surface area contributed by atoms with E-state index < -0.39 is 11.7 Å². The first-order chi connectivity index (χ1) is 12.6. The fraction of sp³-hybridized carbons (Fsp3) is 0.158. The minimum atomic E-state index is -0.436. The van der Waals surface area contributed by atoms with Gasteiger partial charge in [0.25, 0.3) is 5.91 Å². The van der Waals surface area contributed by atoms with Crippen molar-refractivity contribution in [2.24, 2.45) is 0 Å². The molecule has 2 aromatic heterocycles. The molecule has 1 amide bonds. The molecule has 0 saturated carbocycles. The maximum absolute atomic E-state index is 13.2. The first-order valence-electron chi connectivity index (χ1n) is 8.11. The van der Waals surface area contributed by atoms with Crippen LogP contribution in [-0.2, 0) is 6.42 Å². The van der Waals surface area contributed by atoms with Gasteiger partial charge in [-0.05, 0) is 42.3 Å². The van der Waals surface area contributed by atoms with Crippen molar-refractivity contribution < 1.29 is 9.18 Å². The van der Waals surface area contributed by atoms with E-state index in [2.05, 4.69) is 20.3 Å². The van der Waals surface area contributed by atoms with Crippen LogP contribution in [0.2, 0.25) is 0 Å². The Balaban J connectivity index is 1.59. The highest BCUT2D eigenvalue weighted by Crippen LogP contribution is 2.12. The third-order valence-corrected chi connectivity index (χ3v) is 3.83. The van der Waals surface area contributed by atoms with Gasteiger partial charge in [-0.2, -0.15) is 0 Å². The highest BCUT2D eigenvalue weighted by molar-refractivity contribution is 6.02. The van der Waals surface area contributed by atoms with E-state index in [9.17, 15) is 9.18 Å². The van der Waals surface area contributed by atoms with Crippen molar-refractivity contribution >= 4 is 17.4 Å². The Morgan fingerprint density at radius 3 is 2.65 bits per heavy atom. The largest absolute Gasteiger partial charge is 0.358 e. The maximum Gasteiger partial charge on any atom is 0.275 e. The van der Waals surface area contributed by atoms with Crippen LogP contribution in [0.15, 0.2) is 61.2 Å². The first-order valence-corrected chi connectivity index (χ1v) is 8.11. The molecule has 0 unspecified atom stereocenters. The second-order valence-corrected chi connectivity index (χ2v) is 5.75. The van der Waals surface area contributed by atoms with E-state index in [4.69, 9.17) is 0 Å². The number of carbonyl (C=O) groups excluding carboxylic acids is 1. The second-order valence-electron chi connectivity index (χ2n) is 5.75. The number of carbonyl (C=O) groups is 1. The average molecular weight is 351 g/mol. The number of likely N-dealkylation sites (N-methyl/N-ethyl adjacent to an activating group) is 1. The average Bonchev–Trinajstić information content (AvgIpc) is 2.67. The molecule has 3 rings (SSSR count). The first kappa shape index (κ1) is 17.5. The Morgan fingerprint density at radius 1 is 1.15 bits per heavy atom. The predicted octanol–water partition coefficient (Wildman–Crippen LogP) is 2.94. The molecule has 0 spiro atoms. The molecule has 26 heavy (non-hydrogen) atoms. The van der Waals surface area contributed by atoms with Gasteiger partial charge >= 0.3 is 0 Å². The zero-order chi connectivity index (χ0) is 18.4. The number of pyridine rings is 1. The van der Waals surface area contributed by atoms with Crippen molar-refractivity contribution in [3.63, 3.8) is 0 Å². The summed E-state index contributed by atoms with van der Waals surface area (Å²) < 4.78 is 13.2. The number of hydrogen-bond acceptors (Lipinski definition) is 5. The highest BCUT2D eigenvalue weighted by Gasteiger charge is 2.10. The van der Waals surface area contributed by atoms with Gasteiger partial charge in [-0.25, -0.2) is 14.4 Å². The fourth-order valence-corrected chi connectivity index (χ4v) is 2.36. The van der Waals surface area contributed by atoms with Crippen LogP contribution < -0.4 is 10.2 Å². The molecule has 0 aliphatic heterocycles. The molecule has 0 atom stereocenters. The Kier molecular flexibility index (Phi) is 5.48. The molecular weight excluding hydrogens is 333 g/mol. The zero-order valence-corrected chi connectivity index (χ0v) is 14.3. The summed E-state index contributed by atoms with van der Waals surface area (Å²) >= 11 is 0. The Hall–Kier alpha value is -3.35. The summed E-state index contributed by atoms with van der Waals surface area (Å²) in [5.41, 5.74) is 1.72. The van der Waals surface area contributed by atoms with E-state index in [1.54, 1.807) is 24.7 Å². The maximum atomic E-state index is 13.2. The molecule has 0 saturated heterocycles. The van der Waals surface area contributed by atoms with Crippen LogP contribution in [0.25, 0.3) is 0 Å². The van der Waals surface area contributed by atoms with E-state index in [0.717, 1.165) is 13.0 Å². The van der Waals surface area contributed by atoms with Crippen LogP contribution in [0, 0.1) is 5.82 Å². The third-order valence-electron chi connectivity index (χ3n) is 3.83. The molecular formula is C19H18FN5O. The quantitative estimate of drug-likeness (QED) is 0.739. The van der Waals surface area contributed by atoms with Crippen molar-refractivity contribution in [3.05, 3.63) is 78.3 Å². The number of halogens is 1. The monoisotopic (exact) mass is 351 g/mol. The number of nitrogens with zero attached hydrogens (tertiary/aromatic N) is 4. The number of hydrogen-bond donors (Lipinski definition) is 1. The molecule has 1 N–H and O–H groups in total. The van der Waals surface area contributed by atoms with E-state index >= 15 is 0 Å². The van der Waals surface area contributed by atoms with E-state index in [1.165, 1.54) is 30.0 Å². The number of anilines is 2. The zero-order valence-electron chi connectivity index (χ0n) is 14.3. The number of benzene rings is 1. The van der Waals surface area contributed by atoms with Gasteiger partial charge in [-0.1, -0.05) is 6.07 Å². The molecule has 2 heterocycles. The summed E-state index contributed by atoms with van der Waals surface area (Å²) in [6.45, 7) is 0.757. The molecule has 0 aliphatic carbocycles. The van der Waals surface area contributed by atoms with Crippen LogP contribution in [0.5, 0.6) is 0 Å². The lowest BCUT2D eigenvalue weighted by molar-refractivity contribution is 0.102. The van der Waals surface area contributed by atoms with Gasteiger partial charge < -0.3 is 10.2 Å². The Morgan fingerprint density at radius 2 is 1.96 bits per heavy atom. The minimum Gasteiger partial charge on any atom is -0.358 e. The van der Waals surface area contributed by atoms with Gasteiger partial charge in [0.1, 0.15) is 17.3 Å². The summed E-state index contributed by atoms with van der Waals surface area (Å²) in [6.07, 6.45) is 7.34. The van der Waals surface area contributed by atoms with Crippen LogP contribution >= 0.6 is 0 Å². The summed E-state index contributed by atoms with van der Waals surface area (Å²) in [6, 6.07) is 9.63. The topological polar surface area (TPSA) is 71.0 Å². The molecule has 1 aromatic carbocycles. The molecule has 0 fully saturated rings. The molecule has 0 aliphatic rings. The molecule has 132 valence electrons. The number of aromatic nitrogens is 3. The van der Waals surface area contributed by atoms with E-state index in [0.29, 0.717) is 11.5 Å². The van der Waals surface area contributed by atoms with Gasteiger partial charge in [-0.15, -0.1) is 0 Å². The Labute approximate surface area is 150 Å². The minimum absolute atomic E-state index is 0.167. The Bertz CT molecular complexity index is 871. The summed E-state index contributed by atoms with van der Waals surface area (Å²) in [4.78, 5) is 26.6. The number of nitrogens with one attached hydrogen (secondary N) is 1. The smallest absolute Gasteiger partial charge is 0.275 e. The van der Waals surface area contributed by atoms with Gasteiger partial charge in [0.05, 0.1) is 12.4 Å². The summed E-state index contributed by atoms with van der Waals surface area (Å²) in [5, 5.41) is 2.59. The van der Waals surface area contributed by atoms with Gasteiger partial charge in [0.15, 0.2) is 0 Å². The SMILES string of the molecule is CN(CCc1ccncc1)c1cnc(C(=O)Nc2cccc(F)c2)cn1. The number of amides is 1. The molecule has 0 bridgehead atoms. The van der Waals surface area contributed by atoms with E-state index in [1.807, 2.05) is 24.1 Å². The number of rotatable bonds is 6. The third kappa shape index (κ3) is 4.60. The molecule has 7 heteroatoms. The van der Waals surface area contributed by atoms with Gasteiger partial charge in [-0.3, -0.25) is 9.78 Å². The van der Waals surface area contributed by atoms with Crippen LogP contribution in [-0.4, -0.2) is 34.5 Å². The lowest BCUT2D eigenvalue weighted by Crippen LogP contribution is -2.22. The normalized spacial score (nSPS) is 10.4. The summed E-state index contributed by atoms with van der Waals surface area (Å²) in [5.74, 6) is -0.185. The molecule has 3 aromatic rings. The fourth-order valence-electron chi connectivity index (χ4n) is 2.36. The standard InChI is InChI=1S/C19H18FN5O/c1-25(10-7-14-5-8-21-9-6-14)18-13-22-17(12-23-18)19(26)24-16-4-2-3-15(20)11-16/h2-6,8-9,11-13H,7,10H2,1H3,(H,24,26). The van der Waals surface area contributed by atoms with Crippen molar-refractivity contribution in [1.29, 1.82) is 0 Å². The predicted molar refractivity (Wildman–Crippen MR) is 97.6 cm³/mol. The van der Waals surface area contributed by atoms with Gasteiger partial charge in [0.2, 0.25) is 0 Å². The second kappa shape index (κ2) is 8.15. The van der Waals surface area contributed by atoms with Crippen molar-refractivity contribution in [2.45, 2.75) is 6.42 Å². The summed E-state index contributed by atoms with van der Waals surface area (Å²) in [7, 11) is 1.91. The van der Waals surface area contributed by atoms with Crippen molar-refractivity contribution in [1.82, 2.24) is 15.0 Å². The highest BCUT2D eigenvalue weighted by atomic mass is 19.1. The van der Waals surface area contributed by atoms with Crippen molar-refractivity contribution in [3.8, 4) is 0 Å². The molecule has 6 nitrogen and oxygen atoms in total.